The molecular weight excluding hydrogens is 419 g/mol. The average Bonchev–Trinajstić information content (AvgIpc) is 3.07. The first kappa shape index (κ1) is 24.3. The summed E-state index contributed by atoms with van der Waals surface area (Å²) in [6.07, 6.45) is 0.952. The van der Waals surface area contributed by atoms with E-state index >= 15 is 0 Å². The summed E-state index contributed by atoms with van der Waals surface area (Å²) >= 11 is 0. The van der Waals surface area contributed by atoms with Crippen molar-refractivity contribution in [3.05, 3.63) is 59.4 Å². The summed E-state index contributed by atoms with van der Waals surface area (Å²) in [7, 11) is 1.00. The van der Waals surface area contributed by atoms with Crippen molar-refractivity contribution in [3.8, 4) is 11.3 Å². The number of halogens is 5. The fraction of sp³-hybridized carbons (Fsp3) is 0.318. The van der Waals surface area contributed by atoms with Crippen molar-refractivity contribution < 1.29 is 31.9 Å². The smallest absolute Gasteiger partial charge is 0.255 e. The number of aromatic nitrogens is 1. The molecule has 168 valence electrons. The highest BCUT2D eigenvalue weighted by atomic mass is 19.3. The molecule has 0 saturated heterocycles. The summed E-state index contributed by atoms with van der Waals surface area (Å²) in [5, 5.41) is 9.42. The van der Waals surface area contributed by atoms with Crippen LogP contribution >= 0.6 is 0 Å². The summed E-state index contributed by atoms with van der Waals surface area (Å²) < 4.78 is 62.8. The fourth-order valence-corrected chi connectivity index (χ4v) is 3.34. The Labute approximate surface area is 176 Å². The van der Waals surface area contributed by atoms with Gasteiger partial charge in [-0.25, -0.2) is 22.0 Å². The molecule has 0 unspecified atom stereocenters. The zero-order valence-corrected chi connectivity index (χ0v) is 16.8. The number of H-pyrrole nitrogens is 1. The molecule has 2 aromatic carbocycles. The Balaban J connectivity index is 0.000000327. The molecule has 9 heteroatoms. The van der Waals surface area contributed by atoms with Gasteiger partial charge < -0.3 is 15.4 Å². The van der Waals surface area contributed by atoms with E-state index in [1.165, 1.54) is 18.2 Å². The summed E-state index contributed by atoms with van der Waals surface area (Å²) in [5.74, 6) is -1.18. The number of hydrogen-bond donors (Lipinski definition) is 3. The van der Waals surface area contributed by atoms with Crippen molar-refractivity contribution >= 4 is 17.3 Å². The first-order valence-electron chi connectivity index (χ1n) is 9.57. The van der Waals surface area contributed by atoms with Crippen LogP contribution in [-0.2, 0) is 4.79 Å². The molecule has 3 N–H and O–H groups in total. The normalized spacial score (nSPS) is 13.0. The van der Waals surface area contributed by atoms with Crippen LogP contribution in [0.2, 0.25) is 0 Å². The molecule has 3 aromatic rings. The summed E-state index contributed by atoms with van der Waals surface area (Å²) in [5.41, 5.74) is 2.83. The number of aromatic amines is 1. The van der Waals surface area contributed by atoms with E-state index in [1.807, 2.05) is 5.32 Å². The van der Waals surface area contributed by atoms with Crippen LogP contribution in [0.15, 0.2) is 36.4 Å². The van der Waals surface area contributed by atoms with Crippen LogP contribution < -0.4 is 5.32 Å². The second kappa shape index (κ2) is 11.5. The van der Waals surface area contributed by atoms with Gasteiger partial charge in [-0.1, -0.05) is 6.42 Å². The monoisotopic (exact) mass is 442 g/mol. The molecule has 0 bridgehead atoms. The van der Waals surface area contributed by atoms with Crippen LogP contribution in [0.4, 0.5) is 22.0 Å². The Bertz CT molecular complexity index is 986. The minimum atomic E-state index is -2.44. The van der Waals surface area contributed by atoms with Gasteiger partial charge in [0.25, 0.3) is 6.43 Å². The van der Waals surface area contributed by atoms with Crippen molar-refractivity contribution in [3.63, 3.8) is 0 Å². The van der Waals surface area contributed by atoms with Gasteiger partial charge in [0, 0.05) is 18.6 Å². The quantitative estimate of drug-likeness (QED) is 0.379. The largest absolute Gasteiger partial charge is 0.400 e. The number of aliphatic hydroxyl groups is 1. The molecule has 1 aromatic heterocycles. The molecule has 1 amide bonds. The van der Waals surface area contributed by atoms with Gasteiger partial charge in [-0.15, -0.1) is 0 Å². The topological polar surface area (TPSA) is 65.1 Å². The van der Waals surface area contributed by atoms with Gasteiger partial charge in [0.15, 0.2) is 0 Å². The van der Waals surface area contributed by atoms with Crippen molar-refractivity contribution in [2.24, 2.45) is 0 Å². The Hall–Kier alpha value is -2.94. The summed E-state index contributed by atoms with van der Waals surface area (Å²) in [6.45, 7) is -0.552. The molecule has 0 atom stereocenters. The Kier molecular flexibility index (Phi) is 8.99. The number of rotatable bonds is 5. The predicted molar refractivity (Wildman–Crippen MR) is 108 cm³/mol. The molecule has 1 aliphatic rings. The highest BCUT2D eigenvalue weighted by Crippen LogP contribution is 2.45. The Morgan fingerprint density at radius 1 is 1.10 bits per heavy atom. The number of fused-ring (bicyclic) bond motifs is 1. The number of aliphatic hydroxyl groups excluding tert-OH is 1. The molecule has 4 rings (SSSR count). The first-order chi connectivity index (χ1) is 14.9. The van der Waals surface area contributed by atoms with Crippen LogP contribution in [0, 0.1) is 17.5 Å². The number of alkyl halides is 2. The zero-order chi connectivity index (χ0) is 23.0. The lowest BCUT2D eigenvalue weighted by atomic mass is 9.78. The van der Waals surface area contributed by atoms with Gasteiger partial charge in [-0.3, -0.25) is 4.79 Å². The molecule has 4 nitrogen and oxygen atoms in total. The molecule has 1 fully saturated rings. The van der Waals surface area contributed by atoms with Crippen molar-refractivity contribution in [2.45, 2.75) is 31.6 Å². The molecule has 0 radical (unpaired) electrons. The van der Waals surface area contributed by atoms with Gasteiger partial charge in [0.1, 0.15) is 17.5 Å². The zero-order valence-electron chi connectivity index (χ0n) is 16.8. The number of benzene rings is 2. The number of nitrogens with one attached hydrogen (secondary N) is 2. The average molecular weight is 442 g/mol. The maximum absolute atomic E-state index is 14.1. The van der Waals surface area contributed by atoms with E-state index < -0.39 is 24.6 Å². The third-order valence-electron chi connectivity index (χ3n) is 4.87. The van der Waals surface area contributed by atoms with Gasteiger partial charge >= 0.3 is 0 Å². The van der Waals surface area contributed by atoms with Crippen LogP contribution in [0.25, 0.3) is 22.2 Å². The Morgan fingerprint density at radius 3 is 2.23 bits per heavy atom. The van der Waals surface area contributed by atoms with Crippen LogP contribution in [0.5, 0.6) is 0 Å². The third-order valence-corrected chi connectivity index (χ3v) is 4.87. The molecule has 1 aliphatic carbocycles. The van der Waals surface area contributed by atoms with E-state index in [9.17, 15) is 26.7 Å². The lowest BCUT2D eigenvalue weighted by Gasteiger charge is -2.26. The van der Waals surface area contributed by atoms with E-state index in [-0.39, 0.29) is 12.2 Å². The van der Waals surface area contributed by atoms with Crippen molar-refractivity contribution in [2.75, 3.05) is 13.7 Å². The summed E-state index contributed by atoms with van der Waals surface area (Å²) in [4.78, 5) is 12.3. The minimum Gasteiger partial charge on any atom is -0.400 e. The van der Waals surface area contributed by atoms with Gasteiger partial charge in [-0.2, -0.15) is 0 Å². The highest BCUT2D eigenvalue weighted by molar-refractivity contribution is 5.92. The van der Waals surface area contributed by atoms with Crippen LogP contribution in [0.1, 0.15) is 30.7 Å². The van der Waals surface area contributed by atoms with E-state index in [2.05, 4.69) is 4.98 Å². The number of carbonyl (C=O) groups is 1. The highest BCUT2D eigenvalue weighted by Gasteiger charge is 2.27. The predicted octanol–water partition coefficient (Wildman–Crippen LogP) is 5.13. The van der Waals surface area contributed by atoms with E-state index in [4.69, 9.17) is 5.11 Å². The van der Waals surface area contributed by atoms with E-state index in [0.717, 1.165) is 49.3 Å². The maximum Gasteiger partial charge on any atom is 0.255 e. The molecule has 31 heavy (non-hydrogen) atoms. The first-order valence-corrected chi connectivity index (χ1v) is 9.57. The van der Waals surface area contributed by atoms with Crippen LogP contribution in [-0.4, -0.2) is 36.6 Å². The third kappa shape index (κ3) is 6.04. The van der Waals surface area contributed by atoms with E-state index in [0.29, 0.717) is 16.8 Å². The van der Waals surface area contributed by atoms with Crippen molar-refractivity contribution in [1.82, 2.24) is 10.3 Å². The molecule has 0 aliphatic heterocycles. The molecule has 1 heterocycles. The number of hydrogen-bond acceptors (Lipinski definition) is 2. The molecule has 0 spiro atoms. The van der Waals surface area contributed by atoms with Crippen molar-refractivity contribution in [1.29, 1.82) is 0 Å². The fourth-order valence-electron chi connectivity index (χ4n) is 3.34. The van der Waals surface area contributed by atoms with Gasteiger partial charge in [0.2, 0.25) is 6.41 Å². The second-order valence-corrected chi connectivity index (χ2v) is 6.78. The number of carbonyl (C=O) groups excluding carboxylic acids is 1. The second-order valence-electron chi connectivity index (χ2n) is 6.78. The minimum absolute atomic E-state index is 0.242. The lowest BCUT2D eigenvalue weighted by molar-refractivity contribution is -0.110. The van der Waals surface area contributed by atoms with Crippen LogP contribution in [0.3, 0.4) is 0 Å². The standard InChI is InChI=1S/C18H14F3N.C3H5F2NO.CH4O/c19-12-6-4-11(5-7-12)17-16(10-2-1-3-10)14-8-13(20)9-15(21)18(14)22-17;4-3(5)1-6-2-7;1-2/h4-10,22H,1-3H2;2-3H,1H2,(H,6,7);2H,1H3. The van der Waals surface area contributed by atoms with E-state index in [1.54, 1.807) is 12.1 Å². The lowest BCUT2D eigenvalue weighted by Crippen LogP contribution is -2.18. The number of amides is 1. The summed E-state index contributed by atoms with van der Waals surface area (Å²) in [6, 6.07) is 8.35. The molecular formula is C22H23F5N2O2. The molecule has 1 saturated carbocycles. The SMILES string of the molecule is CO.Fc1ccc(-c2[nH]c3c(F)cc(F)cc3c2C2CCC2)cc1.O=CNCC(F)F. The Morgan fingerprint density at radius 2 is 1.74 bits per heavy atom. The maximum atomic E-state index is 14.1. The van der Waals surface area contributed by atoms with Gasteiger partial charge in [-0.05, 0) is 60.2 Å². The van der Waals surface area contributed by atoms with Gasteiger partial charge in [0.05, 0.1) is 17.8 Å².